The summed E-state index contributed by atoms with van der Waals surface area (Å²) in [5.74, 6) is -0.232. The number of hydrogen-bond acceptors (Lipinski definition) is 2. The van der Waals surface area contributed by atoms with E-state index in [2.05, 4.69) is 31.0 Å². The van der Waals surface area contributed by atoms with E-state index in [1.807, 2.05) is 10.6 Å². The van der Waals surface area contributed by atoms with E-state index in [1.54, 1.807) is 12.1 Å². The fourth-order valence-corrected chi connectivity index (χ4v) is 3.75. The Kier molecular flexibility index (Phi) is 3.92. The van der Waals surface area contributed by atoms with Crippen LogP contribution in [0.4, 0.5) is 4.39 Å². The average Bonchev–Trinajstić information content (AvgIpc) is 2.90. The van der Waals surface area contributed by atoms with Gasteiger partial charge in [-0.3, -0.25) is 9.36 Å². The van der Waals surface area contributed by atoms with Crippen molar-refractivity contribution in [3.05, 3.63) is 70.7 Å². The first-order valence-electron chi connectivity index (χ1n) is 8.62. The molecule has 0 atom stereocenters. The lowest BCUT2D eigenvalue weighted by molar-refractivity contribution is 0.0914. The highest BCUT2D eigenvalue weighted by Gasteiger charge is 2.25. The van der Waals surface area contributed by atoms with E-state index in [0.29, 0.717) is 0 Å². The molecule has 0 unspecified atom stereocenters. The monoisotopic (exact) mass is 336 g/mol. The van der Waals surface area contributed by atoms with Crippen molar-refractivity contribution in [3.63, 3.8) is 0 Å². The van der Waals surface area contributed by atoms with Gasteiger partial charge in [-0.1, -0.05) is 23.8 Å². The maximum Gasteiger partial charge on any atom is 0.235 e. The van der Waals surface area contributed by atoms with Crippen LogP contribution in [0.3, 0.4) is 0 Å². The standard InChI is InChI=1S/C21H21FN2O/c1-14-3-8-19-17(11-14)18-13-23(2)10-9-20(18)24(19)21(25)12-15-4-6-16(22)7-5-15/h3-8,11H,9-10,12-13H2,1-2H3. The van der Waals surface area contributed by atoms with Crippen LogP contribution in [0.5, 0.6) is 0 Å². The van der Waals surface area contributed by atoms with Crippen LogP contribution in [-0.2, 0) is 19.4 Å². The number of nitrogens with zero attached hydrogens (tertiary/aromatic N) is 2. The van der Waals surface area contributed by atoms with Crippen LogP contribution in [0, 0.1) is 12.7 Å². The molecule has 3 nitrogen and oxygen atoms in total. The molecule has 2 heterocycles. The number of hydrogen-bond donors (Lipinski definition) is 0. The van der Waals surface area contributed by atoms with Crippen molar-refractivity contribution in [2.24, 2.45) is 0 Å². The Morgan fingerprint density at radius 2 is 1.92 bits per heavy atom. The molecule has 0 saturated carbocycles. The summed E-state index contributed by atoms with van der Waals surface area (Å²) in [5, 5.41) is 1.18. The quantitative estimate of drug-likeness (QED) is 0.708. The van der Waals surface area contributed by atoms with E-state index in [9.17, 15) is 9.18 Å². The topological polar surface area (TPSA) is 25.2 Å². The molecule has 0 spiro atoms. The molecule has 1 aliphatic rings. The van der Waals surface area contributed by atoms with Gasteiger partial charge >= 0.3 is 0 Å². The van der Waals surface area contributed by atoms with E-state index >= 15 is 0 Å². The van der Waals surface area contributed by atoms with Gasteiger partial charge in [0, 0.05) is 30.6 Å². The molecule has 4 rings (SSSR count). The van der Waals surface area contributed by atoms with E-state index in [1.165, 1.54) is 28.6 Å². The van der Waals surface area contributed by atoms with Crippen molar-refractivity contribution in [3.8, 4) is 0 Å². The molecule has 128 valence electrons. The lowest BCUT2D eigenvalue weighted by atomic mass is 10.0. The van der Waals surface area contributed by atoms with Gasteiger partial charge in [-0.05, 0) is 49.4 Å². The maximum absolute atomic E-state index is 13.1. The summed E-state index contributed by atoms with van der Waals surface area (Å²) in [7, 11) is 2.11. The molecule has 3 aromatic rings. The molecule has 0 fully saturated rings. The number of carbonyl (C=O) groups is 1. The zero-order valence-corrected chi connectivity index (χ0v) is 14.6. The molecule has 2 aromatic carbocycles. The van der Waals surface area contributed by atoms with Crippen LogP contribution in [0.25, 0.3) is 10.9 Å². The minimum atomic E-state index is -0.279. The zero-order valence-electron chi connectivity index (χ0n) is 14.6. The van der Waals surface area contributed by atoms with E-state index in [-0.39, 0.29) is 18.1 Å². The summed E-state index contributed by atoms with van der Waals surface area (Å²) in [4.78, 5) is 15.4. The SMILES string of the molecule is Cc1ccc2c(c1)c1c(n2C(=O)Cc2ccc(F)cc2)CCN(C)C1. The normalized spacial score (nSPS) is 14.7. The number of fused-ring (bicyclic) bond motifs is 3. The predicted octanol–water partition coefficient (Wildman–Crippen LogP) is 3.96. The second kappa shape index (κ2) is 6.12. The maximum atomic E-state index is 13.1. The second-order valence-corrected chi connectivity index (χ2v) is 6.97. The highest BCUT2D eigenvalue weighted by atomic mass is 19.1. The van der Waals surface area contributed by atoms with E-state index in [4.69, 9.17) is 0 Å². The Labute approximate surface area is 146 Å². The molecule has 1 aromatic heterocycles. The minimum Gasteiger partial charge on any atom is -0.302 e. The zero-order chi connectivity index (χ0) is 17.6. The van der Waals surface area contributed by atoms with Crippen LogP contribution in [0.2, 0.25) is 0 Å². The van der Waals surface area contributed by atoms with E-state index in [0.717, 1.165) is 36.3 Å². The van der Waals surface area contributed by atoms with Gasteiger partial charge in [0.15, 0.2) is 0 Å². The Bertz CT molecular complexity index is 956. The number of rotatable bonds is 2. The van der Waals surface area contributed by atoms with Crippen molar-refractivity contribution < 1.29 is 9.18 Å². The predicted molar refractivity (Wildman–Crippen MR) is 97.4 cm³/mol. The first kappa shape index (κ1) is 16.0. The van der Waals surface area contributed by atoms with Gasteiger partial charge in [-0.25, -0.2) is 4.39 Å². The van der Waals surface area contributed by atoms with Gasteiger partial charge in [0.25, 0.3) is 0 Å². The molecule has 4 heteroatoms. The third kappa shape index (κ3) is 2.87. The molecular formula is C21H21FN2O. The summed E-state index contributed by atoms with van der Waals surface area (Å²) < 4.78 is 15.0. The fraction of sp³-hybridized carbons (Fsp3) is 0.286. The van der Waals surface area contributed by atoms with Gasteiger partial charge < -0.3 is 4.90 Å². The van der Waals surface area contributed by atoms with Gasteiger partial charge in [-0.15, -0.1) is 0 Å². The highest BCUT2D eigenvalue weighted by Crippen LogP contribution is 2.31. The van der Waals surface area contributed by atoms with Crippen LogP contribution in [0.1, 0.15) is 27.2 Å². The smallest absolute Gasteiger partial charge is 0.235 e. The Hall–Kier alpha value is -2.46. The van der Waals surface area contributed by atoms with Crippen molar-refractivity contribution in [1.82, 2.24) is 9.47 Å². The van der Waals surface area contributed by atoms with Crippen molar-refractivity contribution in [1.29, 1.82) is 0 Å². The van der Waals surface area contributed by atoms with Crippen LogP contribution in [-0.4, -0.2) is 29.0 Å². The fourth-order valence-electron chi connectivity index (χ4n) is 3.75. The minimum absolute atomic E-state index is 0.0475. The number of likely N-dealkylation sites (N-methyl/N-ethyl adjacent to an activating group) is 1. The summed E-state index contributed by atoms with van der Waals surface area (Å²) >= 11 is 0. The number of carbonyl (C=O) groups excluding carboxylic acids is 1. The van der Waals surface area contributed by atoms with Gasteiger partial charge in [0.1, 0.15) is 5.82 Å². The molecule has 1 aliphatic heterocycles. The average molecular weight is 336 g/mol. The molecule has 0 N–H and O–H groups in total. The molecule has 0 bridgehead atoms. The number of benzene rings is 2. The van der Waals surface area contributed by atoms with Gasteiger partial charge in [-0.2, -0.15) is 0 Å². The Morgan fingerprint density at radius 1 is 1.16 bits per heavy atom. The van der Waals surface area contributed by atoms with Gasteiger partial charge in [0.05, 0.1) is 11.9 Å². The second-order valence-electron chi connectivity index (χ2n) is 6.97. The number of aryl methyl sites for hydroxylation is 1. The number of halogens is 1. The van der Waals surface area contributed by atoms with E-state index < -0.39 is 0 Å². The summed E-state index contributed by atoms with van der Waals surface area (Å²) in [6, 6.07) is 12.5. The van der Waals surface area contributed by atoms with Crippen molar-refractivity contribution in [2.75, 3.05) is 13.6 Å². The molecular weight excluding hydrogens is 315 g/mol. The van der Waals surface area contributed by atoms with Crippen molar-refractivity contribution in [2.45, 2.75) is 26.3 Å². The third-order valence-electron chi connectivity index (χ3n) is 5.01. The first-order chi connectivity index (χ1) is 12.0. The van der Waals surface area contributed by atoms with Gasteiger partial charge in [0.2, 0.25) is 5.91 Å². The largest absolute Gasteiger partial charge is 0.302 e. The summed E-state index contributed by atoms with van der Waals surface area (Å²) in [5.41, 5.74) is 5.41. The molecule has 25 heavy (non-hydrogen) atoms. The summed E-state index contributed by atoms with van der Waals surface area (Å²) in [6.07, 6.45) is 1.15. The van der Waals surface area contributed by atoms with Crippen LogP contribution >= 0.6 is 0 Å². The Morgan fingerprint density at radius 3 is 2.68 bits per heavy atom. The van der Waals surface area contributed by atoms with Crippen LogP contribution in [0.15, 0.2) is 42.5 Å². The highest BCUT2D eigenvalue weighted by molar-refractivity contribution is 5.97. The number of aromatic nitrogens is 1. The van der Waals surface area contributed by atoms with Crippen molar-refractivity contribution >= 4 is 16.8 Å². The molecule has 0 saturated heterocycles. The molecule has 0 radical (unpaired) electrons. The van der Waals surface area contributed by atoms with Crippen LogP contribution < -0.4 is 0 Å². The molecule has 0 amide bonds. The summed E-state index contributed by atoms with van der Waals surface area (Å²) in [6.45, 7) is 3.90. The first-order valence-corrected chi connectivity index (χ1v) is 8.62. The molecule has 0 aliphatic carbocycles. The lowest BCUT2D eigenvalue weighted by Crippen LogP contribution is -2.28. The lowest BCUT2D eigenvalue weighted by Gasteiger charge is -2.23. The third-order valence-corrected chi connectivity index (χ3v) is 5.01. The Balaban J connectivity index is 1.80.